The maximum absolute atomic E-state index is 14.0. The first-order valence-electron chi connectivity index (χ1n) is 10.7. The molecule has 3 aliphatic heterocycles. The van der Waals surface area contributed by atoms with Gasteiger partial charge in [-0.15, -0.1) is 0 Å². The van der Waals surface area contributed by atoms with E-state index in [4.69, 9.17) is 0 Å². The van der Waals surface area contributed by atoms with E-state index in [1.165, 1.54) is 0 Å². The van der Waals surface area contributed by atoms with E-state index in [-0.39, 0.29) is 22.9 Å². The second-order valence-corrected chi connectivity index (χ2v) is 9.18. The number of piperidine rings is 1. The summed E-state index contributed by atoms with van der Waals surface area (Å²) in [6, 6.07) is 2.87. The molecule has 30 heavy (non-hydrogen) atoms. The summed E-state index contributed by atoms with van der Waals surface area (Å²) in [5.74, 6) is -1.56. The van der Waals surface area contributed by atoms with Gasteiger partial charge in [0.2, 0.25) is 5.91 Å². The number of benzene rings is 1. The number of hydrogen-bond acceptors (Lipinski definition) is 4. The quantitative estimate of drug-likeness (QED) is 0.730. The number of halogens is 2. The first-order valence-corrected chi connectivity index (χ1v) is 10.7. The van der Waals surface area contributed by atoms with Crippen LogP contribution in [0.2, 0.25) is 0 Å². The summed E-state index contributed by atoms with van der Waals surface area (Å²) in [7, 11) is 4.08. The zero-order valence-electron chi connectivity index (χ0n) is 17.7. The molecule has 3 saturated heterocycles. The molecule has 3 fully saturated rings. The van der Waals surface area contributed by atoms with Crippen LogP contribution in [0.4, 0.5) is 8.78 Å². The van der Waals surface area contributed by atoms with Crippen molar-refractivity contribution in [2.24, 2.45) is 5.41 Å². The second-order valence-electron chi connectivity index (χ2n) is 9.18. The fourth-order valence-corrected chi connectivity index (χ4v) is 5.16. The largest absolute Gasteiger partial charge is 0.339 e. The lowest BCUT2D eigenvalue weighted by Crippen LogP contribution is -2.52. The van der Waals surface area contributed by atoms with E-state index >= 15 is 0 Å². The number of likely N-dealkylation sites (N-methyl/N-ethyl adjacent to an activating group) is 2. The van der Waals surface area contributed by atoms with E-state index in [9.17, 15) is 18.4 Å². The molecule has 1 atom stereocenters. The molecule has 2 amide bonds. The van der Waals surface area contributed by atoms with E-state index in [0.29, 0.717) is 13.1 Å². The lowest BCUT2D eigenvalue weighted by Gasteiger charge is -2.39. The van der Waals surface area contributed by atoms with Gasteiger partial charge in [0.25, 0.3) is 5.91 Å². The maximum Gasteiger partial charge on any atom is 0.256 e. The standard InChI is InChI=1S/C22H30F2N4O2/c1-25-9-11-28(12-10-25)21(30)19-14-22(15-26(19)2)5-7-27(8-6-22)20(29)17-13-16(23)3-4-18(17)24/h3-4,13,19H,5-12,14-15H2,1-2H3. The zero-order chi connectivity index (χ0) is 21.5. The van der Waals surface area contributed by atoms with Crippen LogP contribution in [-0.2, 0) is 4.79 Å². The van der Waals surface area contributed by atoms with Gasteiger partial charge in [-0.05, 0) is 57.0 Å². The molecule has 6 nitrogen and oxygen atoms in total. The molecule has 1 unspecified atom stereocenters. The Morgan fingerprint density at radius 2 is 1.63 bits per heavy atom. The number of piperazine rings is 1. The summed E-state index contributed by atoms with van der Waals surface area (Å²) in [5, 5.41) is 0. The Balaban J connectivity index is 1.38. The molecule has 0 radical (unpaired) electrons. The summed E-state index contributed by atoms with van der Waals surface area (Å²) < 4.78 is 27.5. The third kappa shape index (κ3) is 4.07. The zero-order valence-corrected chi connectivity index (χ0v) is 17.7. The summed E-state index contributed by atoms with van der Waals surface area (Å²) in [5.41, 5.74) is -0.212. The number of rotatable bonds is 2. The molecule has 1 spiro atoms. The second kappa shape index (κ2) is 8.23. The van der Waals surface area contributed by atoms with Gasteiger partial charge in [0.1, 0.15) is 11.6 Å². The molecule has 8 heteroatoms. The molecule has 164 valence electrons. The Morgan fingerprint density at radius 1 is 0.967 bits per heavy atom. The summed E-state index contributed by atoms with van der Waals surface area (Å²) in [6.07, 6.45) is 2.34. The van der Waals surface area contributed by atoms with Gasteiger partial charge in [0, 0.05) is 45.8 Å². The SMILES string of the molecule is CN1CCN(C(=O)C2CC3(CCN(C(=O)c4cc(F)ccc4F)CC3)CN2C)CC1. The molecular formula is C22H30F2N4O2. The van der Waals surface area contributed by atoms with Gasteiger partial charge >= 0.3 is 0 Å². The minimum absolute atomic E-state index is 0.00107. The number of hydrogen-bond donors (Lipinski definition) is 0. The van der Waals surface area contributed by atoms with Gasteiger partial charge in [-0.25, -0.2) is 8.78 Å². The highest BCUT2D eigenvalue weighted by molar-refractivity contribution is 5.94. The van der Waals surface area contributed by atoms with E-state index in [1.807, 2.05) is 11.9 Å². The summed E-state index contributed by atoms with van der Waals surface area (Å²) >= 11 is 0. The third-order valence-corrected chi connectivity index (χ3v) is 7.11. The van der Waals surface area contributed by atoms with E-state index in [0.717, 1.165) is 70.2 Å². The van der Waals surface area contributed by atoms with E-state index < -0.39 is 17.5 Å². The minimum Gasteiger partial charge on any atom is -0.339 e. The normalized spacial score (nSPS) is 25.1. The highest BCUT2D eigenvalue weighted by atomic mass is 19.1. The van der Waals surface area contributed by atoms with Crippen molar-refractivity contribution in [2.75, 3.05) is 59.9 Å². The topological polar surface area (TPSA) is 47.1 Å². The summed E-state index contributed by atoms with van der Waals surface area (Å²) in [6.45, 7) is 5.17. The van der Waals surface area contributed by atoms with Gasteiger partial charge < -0.3 is 14.7 Å². The molecule has 3 aliphatic rings. The van der Waals surface area contributed by atoms with Crippen molar-refractivity contribution in [3.05, 3.63) is 35.4 Å². The molecule has 3 heterocycles. The molecule has 0 aromatic heterocycles. The Labute approximate surface area is 176 Å². The van der Waals surface area contributed by atoms with Gasteiger partial charge in [-0.2, -0.15) is 0 Å². The maximum atomic E-state index is 14.0. The number of likely N-dealkylation sites (tertiary alicyclic amines) is 2. The van der Waals surface area contributed by atoms with Crippen LogP contribution in [0.1, 0.15) is 29.6 Å². The molecule has 1 aromatic rings. The average molecular weight is 421 g/mol. The fraction of sp³-hybridized carbons (Fsp3) is 0.636. The minimum atomic E-state index is -0.694. The van der Waals surface area contributed by atoms with Crippen LogP contribution in [0.25, 0.3) is 0 Å². The molecule has 0 N–H and O–H groups in total. The van der Waals surface area contributed by atoms with Crippen molar-refractivity contribution in [3.63, 3.8) is 0 Å². The van der Waals surface area contributed by atoms with Crippen LogP contribution >= 0.6 is 0 Å². The highest BCUT2D eigenvalue weighted by Crippen LogP contribution is 2.43. The van der Waals surface area contributed by atoms with Gasteiger partial charge in [0.05, 0.1) is 11.6 Å². The third-order valence-electron chi connectivity index (χ3n) is 7.11. The predicted octanol–water partition coefficient (Wildman–Crippen LogP) is 1.67. The lowest BCUT2D eigenvalue weighted by atomic mass is 9.76. The number of amides is 2. The number of carbonyl (C=O) groups is 2. The van der Waals surface area contributed by atoms with Crippen LogP contribution in [0, 0.1) is 17.0 Å². The first kappa shape index (κ1) is 21.2. The van der Waals surface area contributed by atoms with Gasteiger partial charge in [-0.3, -0.25) is 14.5 Å². The van der Waals surface area contributed by atoms with Crippen molar-refractivity contribution in [3.8, 4) is 0 Å². The fourth-order valence-electron chi connectivity index (χ4n) is 5.16. The Kier molecular flexibility index (Phi) is 5.81. The van der Waals surface area contributed by atoms with Gasteiger partial charge in [0.15, 0.2) is 0 Å². The van der Waals surface area contributed by atoms with E-state index in [1.54, 1.807) is 4.90 Å². The van der Waals surface area contributed by atoms with Crippen LogP contribution in [0.15, 0.2) is 18.2 Å². The molecule has 0 aliphatic carbocycles. The molecule has 0 bridgehead atoms. The number of nitrogens with zero attached hydrogens (tertiary/aromatic N) is 4. The van der Waals surface area contributed by atoms with Crippen LogP contribution in [-0.4, -0.2) is 97.4 Å². The molecule has 4 rings (SSSR count). The Hall–Kier alpha value is -2.06. The first-order chi connectivity index (χ1) is 14.3. The van der Waals surface area contributed by atoms with Crippen molar-refractivity contribution >= 4 is 11.8 Å². The Morgan fingerprint density at radius 3 is 2.30 bits per heavy atom. The molecule has 0 saturated carbocycles. The molecular weight excluding hydrogens is 390 g/mol. The van der Waals surface area contributed by atoms with Crippen LogP contribution < -0.4 is 0 Å². The highest BCUT2D eigenvalue weighted by Gasteiger charge is 2.48. The van der Waals surface area contributed by atoms with E-state index in [2.05, 4.69) is 16.8 Å². The predicted molar refractivity (Wildman–Crippen MR) is 109 cm³/mol. The van der Waals surface area contributed by atoms with Crippen LogP contribution in [0.3, 0.4) is 0 Å². The molecule has 1 aromatic carbocycles. The lowest BCUT2D eigenvalue weighted by molar-refractivity contribution is -0.137. The smallest absolute Gasteiger partial charge is 0.256 e. The van der Waals surface area contributed by atoms with Crippen molar-refractivity contribution in [2.45, 2.75) is 25.3 Å². The number of carbonyl (C=O) groups excluding carboxylic acids is 2. The summed E-state index contributed by atoms with van der Waals surface area (Å²) in [4.78, 5) is 33.8. The van der Waals surface area contributed by atoms with Crippen molar-refractivity contribution in [1.29, 1.82) is 0 Å². The van der Waals surface area contributed by atoms with Crippen molar-refractivity contribution in [1.82, 2.24) is 19.6 Å². The Bertz CT molecular complexity index is 817. The van der Waals surface area contributed by atoms with Gasteiger partial charge in [-0.1, -0.05) is 0 Å². The average Bonchev–Trinajstić information content (AvgIpc) is 3.05. The monoisotopic (exact) mass is 420 g/mol. The van der Waals surface area contributed by atoms with Crippen LogP contribution in [0.5, 0.6) is 0 Å². The van der Waals surface area contributed by atoms with Crippen molar-refractivity contribution < 1.29 is 18.4 Å².